The normalized spacial score (nSPS) is 9.48. The minimum absolute atomic E-state index is 0.213. The maximum Gasteiger partial charge on any atom is -0.0184 e. The molecule has 0 N–H and O–H groups in total. The first-order valence-corrected chi connectivity index (χ1v) is 18.0. The van der Waals surface area contributed by atoms with Crippen LogP contribution in [0.1, 0.15) is 0 Å². The van der Waals surface area contributed by atoms with Gasteiger partial charge in [-0.15, -0.1) is 44.3 Å². The van der Waals surface area contributed by atoms with E-state index in [0.717, 1.165) is 8.27 Å². The van der Waals surface area contributed by atoms with Crippen LogP contribution in [0.2, 0.25) is 0 Å². The van der Waals surface area contributed by atoms with Crippen LogP contribution in [0.4, 0.5) is 0 Å². The van der Waals surface area contributed by atoms with Crippen molar-refractivity contribution in [3.63, 3.8) is 0 Å². The van der Waals surface area contributed by atoms with Crippen LogP contribution < -0.4 is 0 Å². The molecule has 27 heavy (non-hydrogen) atoms. The molecule has 0 radical (unpaired) electrons. The van der Waals surface area contributed by atoms with Gasteiger partial charge in [0.25, 0.3) is 0 Å². The zero-order valence-electron chi connectivity index (χ0n) is 16.3. The summed E-state index contributed by atoms with van der Waals surface area (Å²) in [5, 5.41) is 0. The van der Waals surface area contributed by atoms with Crippen LogP contribution in [0.25, 0.3) is 22.3 Å². The molecule has 0 fully saturated rings. The van der Waals surface area contributed by atoms with Crippen molar-refractivity contribution in [2.75, 3.05) is 20.0 Å². The number of hydrogen-bond acceptors (Lipinski definition) is 0. The van der Waals surface area contributed by atoms with Gasteiger partial charge >= 0.3 is 0 Å². The highest BCUT2D eigenvalue weighted by Gasteiger charge is 1.98. The molecule has 3 aromatic carbocycles. The van der Waals surface area contributed by atoms with Gasteiger partial charge in [0.05, 0.1) is 0 Å². The van der Waals surface area contributed by atoms with Crippen LogP contribution in [0, 0.1) is 0 Å². The Morgan fingerprint density at radius 1 is 0.593 bits per heavy atom. The van der Waals surface area contributed by atoms with Gasteiger partial charge in [-0.3, -0.25) is 0 Å². The lowest BCUT2D eigenvalue weighted by Gasteiger charge is -2.04. The molecule has 6 heteroatoms. The monoisotopic (exact) mass is 470 g/mol. The second-order valence-corrected chi connectivity index (χ2v) is 15.6. The predicted molar refractivity (Wildman–Crippen MR) is 149 cm³/mol. The molecule has 0 amide bonds. The summed E-state index contributed by atoms with van der Waals surface area (Å²) in [5.74, 6) is 0. The Labute approximate surface area is 178 Å². The van der Waals surface area contributed by atoms with Crippen molar-refractivity contribution in [2.45, 2.75) is 0 Å². The van der Waals surface area contributed by atoms with Gasteiger partial charge in [-0.25, -0.2) is 0 Å². The lowest BCUT2D eigenvalue weighted by molar-refractivity contribution is 1.59. The van der Waals surface area contributed by atoms with Crippen molar-refractivity contribution < 1.29 is 0 Å². The smallest absolute Gasteiger partial charge is 0.0184 e. The summed E-state index contributed by atoms with van der Waals surface area (Å²) in [6.07, 6.45) is 0. The van der Waals surface area contributed by atoms with Crippen LogP contribution in [-0.4, -0.2) is 20.0 Å². The Bertz CT molecular complexity index is 624. The SMILES string of the molecule is CP.CP(P)P.CPP.c1ccc(-c2ccc(-c3ccccc3)cc2)cc1. The molecule has 0 heterocycles. The zero-order chi connectivity index (χ0) is 20.5. The maximum absolute atomic E-state index is 2.69. The van der Waals surface area contributed by atoms with Crippen molar-refractivity contribution in [3.8, 4) is 22.3 Å². The summed E-state index contributed by atoms with van der Waals surface area (Å²) >= 11 is 0. The van der Waals surface area contributed by atoms with E-state index in [9.17, 15) is 0 Å². The second kappa shape index (κ2) is 18.3. The molecule has 0 saturated carbocycles. The van der Waals surface area contributed by atoms with E-state index in [2.05, 4.69) is 122 Å². The molecule has 0 bridgehead atoms. The number of benzene rings is 3. The van der Waals surface area contributed by atoms with Crippen LogP contribution >= 0.6 is 51.6 Å². The molecule has 0 spiro atoms. The third-order valence-electron chi connectivity index (χ3n) is 3.10. The van der Waals surface area contributed by atoms with E-state index < -0.39 is 0 Å². The fourth-order valence-corrected chi connectivity index (χ4v) is 2.12. The van der Waals surface area contributed by atoms with Crippen molar-refractivity contribution in [2.24, 2.45) is 0 Å². The minimum atomic E-state index is 0.213. The first-order valence-electron chi connectivity index (χ1n) is 8.47. The predicted octanol–water partition coefficient (Wildman–Crippen LogP) is 8.28. The van der Waals surface area contributed by atoms with E-state index >= 15 is 0 Å². The highest BCUT2D eigenvalue weighted by molar-refractivity contribution is 8.43. The van der Waals surface area contributed by atoms with Crippen LogP contribution in [0.3, 0.4) is 0 Å². The van der Waals surface area contributed by atoms with E-state index in [1.54, 1.807) is 0 Å². The van der Waals surface area contributed by atoms with Gasteiger partial charge < -0.3 is 0 Å². The molecular weight excluding hydrogens is 438 g/mol. The molecule has 0 aliphatic carbocycles. The van der Waals surface area contributed by atoms with Crippen LogP contribution in [0.15, 0.2) is 84.9 Å². The summed E-state index contributed by atoms with van der Waals surface area (Å²) in [7, 11) is 11.6. The topological polar surface area (TPSA) is 0 Å². The highest BCUT2D eigenvalue weighted by Crippen LogP contribution is 2.48. The van der Waals surface area contributed by atoms with Gasteiger partial charge in [0.15, 0.2) is 0 Å². The highest BCUT2D eigenvalue weighted by atomic mass is 32.4. The third-order valence-corrected chi connectivity index (χ3v) is 3.10. The Balaban J connectivity index is 0.000000644. The Kier molecular flexibility index (Phi) is 18.4. The van der Waals surface area contributed by atoms with E-state index in [0.29, 0.717) is 0 Å². The Morgan fingerprint density at radius 3 is 1.00 bits per heavy atom. The van der Waals surface area contributed by atoms with Gasteiger partial charge in [-0.2, -0.15) is 0 Å². The second-order valence-electron chi connectivity index (χ2n) is 5.26. The van der Waals surface area contributed by atoms with Gasteiger partial charge in [-0.05, 0) is 35.6 Å². The molecule has 0 saturated heterocycles. The van der Waals surface area contributed by atoms with Crippen molar-refractivity contribution in [3.05, 3.63) is 84.9 Å². The molecule has 0 aliphatic rings. The van der Waals surface area contributed by atoms with E-state index in [4.69, 9.17) is 0 Å². The van der Waals surface area contributed by atoms with Gasteiger partial charge in [0.2, 0.25) is 0 Å². The first kappa shape index (κ1) is 27.2. The van der Waals surface area contributed by atoms with Gasteiger partial charge in [0, 0.05) is 0 Å². The molecule has 3 rings (SSSR count). The molecule has 0 aliphatic heterocycles. The summed E-state index contributed by atoms with van der Waals surface area (Å²) in [6, 6.07) is 29.6. The summed E-state index contributed by atoms with van der Waals surface area (Å²) in [5.41, 5.74) is 5.04. The molecule has 3 aromatic rings. The lowest BCUT2D eigenvalue weighted by Crippen LogP contribution is -1.79. The number of hydrogen-bond donors (Lipinski definition) is 0. The Morgan fingerprint density at radius 2 is 0.778 bits per heavy atom. The largest absolute Gasteiger partial charge is 0.141 e. The molecule has 5 unspecified atom stereocenters. The lowest BCUT2D eigenvalue weighted by atomic mass is 10.0. The quantitative estimate of drug-likeness (QED) is 0.331. The average Bonchev–Trinajstić information content (AvgIpc) is 2.71. The van der Waals surface area contributed by atoms with Gasteiger partial charge in [-0.1, -0.05) is 98.9 Å². The Hall–Kier alpha value is 0.240. The van der Waals surface area contributed by atoms with E-state index in [1.165, 1.54) is 22.3 Å². The summed E-state index contributed by atoms with van der Waals surface area (Å²) < 4.78 is 0. The minimum Gasteiger partial charge on any atom is -0.141 e. The molecular formula is C21H32P6. The van der Waals surface area contributed by atoms with Crippen LogP contribution in [0.5, 0.6) is 0 Å². The summed E-state index contributed by atoms with van der Waals surface area (Å²) in [4.78, 5) is 0. The number of rotatable bonds is 2. The molecule has 0 aromatic heterocycles. The third kappa shape index (κ3) is 13.2. The first-order chi connectivity index (χ1) is 13.1. The molecule has 0 nitrogen and oxygen atoms in total. The summed E-state index contributed by atoms with van der Waals surface area (Å²) in [6.45, 7) is 6.19. The average molecular weight is 470 g/mol. The van der Waals surface area contributed by atoms with Crippen molar-refractivity contribution in [1.82, 2.24) is 0 Å². The van der Waals surface area contributed by atoms with E-state index in [-0.39, 0.29) is 7.30 Å². The zero-order valence-corrected chi connectivity index (χ0v) is 22.9. The molecule has 5 atom stereocenters. The fourth-order valence-electron chi connectivity index (χ4n) is 2.12. The standard InChI is InChI=1S/C18H14.CH7P3.CH6P2.CH5P/c1-3-7-15(8-4-1)17-11-13-18(14-12-17)16-9-5-2-6-10-16;1-4(2)3;1-3-2;1-2/h1-14H;2-3H2,1H3;3H,2H2,1H3;2H2,1H3. The van der Waals surface area contributed by atoms with Crippen LogP contribution in [-0.2, 0) is 0 Å². The fraction of sp³-hybridized carbons (Fsp3) is 0.143. The van der Waals surface area contributed by atoms with E-state index in [1.807, 2.05) is 18.8 Å². The van der Waals surface area contributed by atoms with Crippen molar-refractivity contribution in [1.29, 1.82) is 0 Å². The molecule has 146 valence electrons. The van der Waals surface area contributed by atoms with Gasteiger partial charge in [0.1, 0.15) is 0 Å². The van der Waals surface area contributed by atoms with Crippen molar-refractivity contribution >= 4 is 51.6 Å². The maximum atomic E-state index is 2.69.